The van der Waals surface area contributed by atoms with Crippen molar-refractivity contribution in [2.45, 2.75) is 13.5 Å². The summed E-state index contributed by atoms with van der Waals surface area (Å²) in [6.07, 6.45) is 0. The number of carbonyl (C=O) groups is 2. The molecular formula is C22H27N3O3. The zero-order valence-corrected chi connectivity index (χ0v) is 16.5. The van der Waals surface area contributed by atoms with Gasteiger partial charge >= 0.3 is 0 Å². The SMILES string of the molecule is COc1ccc(CN(CC(=O)N2CCN(c3ccccc3)CC2)C(C)=O)cc1. The highest BCUT2D eigenvalue weighted by atomic mass is 16.5. The zero-order valence-electron chi connectivity index (χ0n) is 16.5. The second-order valence-corrected chi connectivity index (χ2v) is 6.93. The molecule has 2 amide bonds. The third-order valence-electron chi connectivity index (χ3n) is 5.06. The van der Waals surface area contributed by atoms with Gasteiger partial charge in [0, 0.05) is 45.3 Å². The molecule has 0 aromatic heterocycles. The third-order valence-corrected chi connectivity index (χ3v) is 5.06. The Morgan fingerprint density at radius 2 is 1.61 bits per heavy atom. The lowest BCUT2D eigenvalue weighted by atomic mass is 10.2. The molecule has 0 spiro atoms. The topological polar surface area (TPSA) is 53.1 Å². The van der Waals surface area contributed by atoms with Gasteiger partial charge in [-0.05, 0) is 29.8 Å². The first kappa shape index (κ1) is 19.7. The van der Waals surface area contributed by atoms with Crippen molar-refractivity contribution >= 4 is 17.5 Å². The Hall–Kier alpha value is -3.02. The molecule has 0 N–H and O–H groups in total. The van der Waals surface area contributed by atoms with Crippen molar-refractivity contribution in [2.75, 3.05) is 44.7 Å². The summed E-state index contributed by atoms with van der Waals surface area (Å²) in [4.78, 5) is 30.5. The number of hydrogen-bond donors (Lipinski definition) is 0. The molecule has 0 saturated carbocycles. The van der Waals surface area contributed by atoms with Crippen molar-refractivity contribution in [3.63, 3.8) is 0 Å². The highest BCUT2D eigenvalue weighted by Crippen LogP contribution is 2.16. The lowest BCUT2D eigenvalue weighted by Gasteiger charge is -2.37. The molecule has 0 unspecified atom stereocenters. The predicted molar refractivity (Wildman–Crippen MR) is 109 cm³/mol. The van der Waals surface area contributed by atoms with E-state index in [-0.39, 0.29) is 18.4 Å². The molecule has 0 radical (unpaired) electrons. The third kappa shape index (κ3) is 5.03. The Morgan fingerprint density at radius 3 is 2.18 bits per heavy atom. The molecule has 148 valence electrons. The number of piperazine rings is 1. The van der Waals surface area contributed by atoms with Gasteiger partial charge in [0.05, 0.1) is 7.11 Å². The molecule has 0 aliphatic carbocycles. The van der Waals surface area contributed by atoms with Crippen LogP contribution in [-0.2, 0) is 16.1 Å². The first-order valence-corrected chi connectivity index (χ1v) is 9.53. The number of ether oxygens (including phenoxy) is 1. The fourth-order valence-corrected chi connectivity index (χ4v) is 3.35. The summed E-state index contributed by atoms with van der Waals surface area (Å²) in [5.74, 6) is 0.661. The molecule has 0 bridgehead atoms. The highest BCUT2D eigenvalue weighted by Gasteiger charge is 2.23. The van der Waals surface area contributed by atoms with Crippen LogP contribution in [0.4, 0.5) is 5.69 Å². The van der Waals surface area contributed by atoms with Gasteiger partial charge in [-0.15, -0.1) is 0 Å². The molecule has 28 heavy (non-hydrogen) atoms. The van der Waals surface area contributed by atoms with E-state index >= 15 is 0 Å². The van der Waals surface area contributed by atoms with Crippen LogP contribution in [-0.4, -0.2) is 61.4 Å². The summed E-state index contributed by atoms with van der Waals surface area (Å²) >= 11 is 0. The van der Waals surface area contributed by atoms with E-state index in [1.54, 1.807) is 12.0 Å². The highest BCUT2D eigenvalue weighted by molar-refractivity contribution is 5.84. The predicted octanol–water partition coefficient (Wildman–Crippen LogP) is 2.39. The molecule has 0 atom stereocenters. The van der Waals surface area contributed by atoms with Crippen LogP contribution in [0.25, 0.3) is 0 Å². The van der Waals surface area contributed by atoms with Gasteiger partial charge in [0.15, 0.2) is 0 Å². The van der Waals surface area contributed by atoms with Gasteiger partial charge in [-0.2, -0.15) is 0 Å². The van der Waals surface area contributed by atoms with Gasteiger partial charge in [-0.25, -0.2) is 0 Å². The Morgan fingerprint density at radius 1 is 0.964 bits per heavy atom. The lowest BCUT2D eigenvalue weighted by molar-refractivity contribution is -0.140. The Balaban J connectivity index is 1.55. The van der Waals surface area contributed by atoms with Gasteiger partial charge in [0.2, 0.25) is 11.8 Å². The molecule has 6 nitrogen and oxygen atoms in total. The lowest BCUT2D eigenvalue weighted by Crippen LogP contribution is -2.51. The largest absolute Gasteiger partial charge is 0.497 e. The van der Waals surface area contributed by atoms with Crippen LogP contribution in [0.5, 0.6) is 5.75 Å². The van der Waals surface area contributed by atoms with Crippen LogP contribution in [0.2, 0.25) is 0 Å². The van der Waals surface area contributed by atoms with Crippen molar-refractivity contribution in [1.82, 2.24) is 9.80 Å². The maximum atomic E-state index is 12.7. The summed E-state index contributed by atoms with van der Waals surface area (Å²) in [5, 5.41) is 0. The molecule has 1 fully saturated rings. The minimum atomic E-state index is -0.105. The van der Waals surface area contributed by atoms with Crippen LogP contribution in [0.3, 0.4) is 0 Å². The van der Waals surface area contributed by atoms with Crippen molar-refractivity contribution in [3.05, 3.63) is 60.2 Å². The van der Waals surface area contributed by atoms with E-state index in [0.29, 0.717) is 19.6 Å². The summed E-state index contributed by atoms with van der Waals surface area (Å²) in [5.41, 5.74) is 2.15. The molecule has 2 aromatic rings. The van der Waals surface area contributed by atoms with E-state index in [1.165, 1.54) is 12.6 Å². The van der Waals surface area contributed by atoms with E-state index in [1.807, 2.05) is 47.4 Å². The molecule has 1 heterocycles. The van der Waals surface area contributed by atoms with Gasteiger partial charge in [-0.3, -0.25) is 9.59 Å². The van der Waals surface area contributed by atoms with Crippen LogP contribution < -0.4 is 9.64 Å². The van der Waals surface area contributed by atoms with E-state index in [0.717, 1.165) is 24.4 Å². The smallest absolute Gasteiger partial charge is 0.242 e. The number of benzene rings is 2. The number of hydrogen-bond acceptors (Lipinski definition) is 4. The maximum absolute atomic E-state index is 12.7. The second-order valence-electron chi connectivity index (χ2n) is 6.93. The first-order chi connectivity index (χ1) is 13.6. The average Bonchev–Trinajstić information content (AvgIpc) is 2.74. The maximum Gasteiger partial charge on any atom is 0.242 e. The fraction of sp³-hybridized carbons (Fsp3) is 0.364. The summed E-state index contributed by atoms with van der Waals surface area (Å²) in [6, 6.07) is 17.8. The van der Waals surface area contributed by atoms with Crippen LogP contribution in [0.1, 0.15) is 12.5 Å². The Kier molecular flexibility index (Phi) is 6.53. The standard InChI is InChI=1S/C22H27N3O3/c1-18(26)25(16-19-8-10-21(28-2)11-9-19)17-22(27)24-14-12-23(13-15-24)20-6-4-3-5-7-20/h3-11H,12-17H2,1-2H3. The van der Waals surface area contributed by atoms with Crippen molar-refractivity contribution in [1.29, 1.82) is 0 Å². The van der Waals surface area contributed by atoms with Gasteiger partial charge in [0.1, 0.15) is 12.3 Å². The van der Waals surface area contributed by atoms with Crippen LogP contribution >= 0.6 is 0 Å². The monoisotopic (exact) mass is 381 g/mol. The van der Waals surface area contributed by atoms with Crippen LogP contribution in [0, 0.1) is 0 Å². The van der Waals surface area contributed by atoms with Gasteiger partial charge < -0.3 is 19.4 Å². The number of anilines is 1. The zero-order chi connectivity index (χ0) is 19.9. The Labute approximate surface area is 166 Å². The van der Waals surface area contributed by atoms with E-state index in [2.05, 4.69) is 17.0 Å². The number of carbonyl (C=O) groups excluding carboxylic acids is 2. The number of nitrogens with zero attached hydrogens (tertiary/aromatic N) is 3. The minimum absolute atomic E-state index is 0.00331. The number of rotatable bonds is 6. The normalized spacial score (nSPS) is 13.9. The van der Waals surface area contributed by atoms with Crippen molar-refractivity contribution < 1.29 is 14.3 Å². The van der Waals surface area contributed by atoms with E-state index in [9.17, 15) is 9.59 Å². The molecular weight excluding hydrogens is 354 g/mol. The summed E-state index contributed by atoms with van der Waals surface area (Å²) in [6.45, 7) is 4.96. The van der Waals surface area contributed by atoms with E-state index < -0.39 is 0 Å². The number of amides is 2. The van der Waals surface area contributed by atoms with Gasteiger partial charge in [-0.1, -0.05) is 30.3 Å². The molecule has 2 aromatic carbocycles. The summed E-state index contributed by atoms with van der Waals surface area (Å²) < 4.78 is 5.16. The second kappa shape index (κ2) is 9.26. The van der Waals surface area contributed by atoms with Crippen molar-refractivity contribution in [2.24, 2.45) is 0 Å². The quantitative estimate of drug-likeness (QED) is 0.771. The fourth-order valence-electron chi connectivity index (χ4n) is 3.35. The Bertz CT molecular complexity index is 784. The number of methoxy groups -OCH3 is 1. The van der Waals surface area contributed by atoms with Crippen molar-refractivity contribution in [3.8, 4) is 5.75 Å². The first-order valence-electron chi connectivity index (χ1n) is 9.53. The minimum Gasteiger partial charge on any atom is -0.497 e. The summed E-state index contributed by atoms with van der Waals surface area (Å²) in [7, 11) is 1.62. The average molecular weight is 381 g/mol. The number of para-hydroxylation sites is 1. The van der Waals surface area contributed by atoms with E-state index in [4.69, 9.17) is 4.74 Å². The molecule has 1 aliphatic heterocycles. The molecule has 3 rings (SSSR count). The molecule has 1 aliphatic rings. The molecule has 1 saturated heterocycles. The van der Waals surface area contributed by atoms with Gasteiger partial charge in [0.25, 0.3) is 0 Å². The molecule has 6 heteroatoms. The van der Waals surface area contributed by atoms with Crippen LogP contribution in [0.15, 0.2) is 54.6 Å².